The van der Waals surface area contributed by atoms with Crippen molar-refractivity contribution in [1.82, 2.24) is 20.2 Å². The maximum atomic E-state index is 12.9. The summed E-state index contributed by atoms with van der Waals surface area (Å²) < 4.78 is 38.7. The van der Waals surface area contributed by atoms with Crippen LogP contribution >= 0.6 is 11.6 Å². The topological polar surface area (TPSA) is 90.5 Å². The van der Waals surface area contributed by atoms with Gasteiger partial charge in [-0.15, -0.1) is 0 Å². The average Bonchev–Trinajstić information content (AvgIpc) is 2.75. The smallest absolute Gasteiger partial charge is 0.339 e. The largest absolute Gasteiger partial charge is 0.417 e. The van der Waals surface area contributed by atoms with Crippen LogP contribution in [0.2, 0.25) is 5.02 Å². The molecule has 2 aromatic rings. The summed E-state index contributed by atoms with van der Waals surface area (Å²) >= 11 is 5.55. The molecule has 1 aliphatic rings. The molecule has 1 aromatic heterocycles. The molecular weight excluding hydrogens is 437 g/mol. The molecule has 1 aromatic carbocycles. The molecule has 0 bridgehead atoms. The number of hydrogen-bond donors (Lipinski definition) is 2. The second kappa shape index (κ2) is 9.82. The molecule has 1 aliphatic heterocycles. The predicted molar refractivity (Wildman–Crippen MR) is 109 cm³/mol. The van der Waals surface area contributed by atoms with Crippen molar-refractivity contribution in [1.29, 1.82) is 0 Å². The van der Waals surface area contributed by atoms with Gasteiger partial charge >= 0.3 is 12.2 Å². The van der Waals surface area contributed by atoms with Crippen LogP contribution in [0, 0.1) is 0 Å². The van der Waals surface area contributed by atoms with E-state index in [1.807, 2.05) is 4.90 Å². The molecule has 0 atom stereocenters. The summed E-state index contributed by atoms with van der Waals surface area (Å²) in [6, 6.07) is 4.09. The third-order valence-electron chi connectivity index (χ3n) is 4.62. The summed E-state index contributed by atoms with van der Waals surface area (Å²) in [7, 11) is 0. The summed E-state index contributed by atoms with van der Waals surface area (Å²) in [5.74, 6) is 0.489. The van der Waals surface area contributed by atoms with Crippen LogP contribution in [0.15, 0.2) is 36.7 Å². The lowest BCUT2D eigenvalue weighted by Crippen LogP contribution is -2.49. The number of alkyl halides is 3. The minimum Gasteiger partial charge on any atom is -0.339 e. The second-order valence-corrected chi connectivity index (χ2v) is 7.15. The highest BCUT2D eigenvalue weighted by molar-refractivity contribution is 6.31. The molecule has 0 spiro atoms. The lowest BCUT2D eigenvalue weighted by molar-refractivity contribution is -0.137. The number of urea groups is 1. The first-order valence-corrected chi connectivity index (χ1v) is 9.83. The van der Waals surface area contributed by atoms with E-state index in [0.717, 1.165) is 12.1 Å². The number of anilines is 2. The van der Waals surface area contributed by atoms with Crippen LogP contribution in [0.3, 0.4) is 0 Å². The van der Waals surface area contributed by atoms with Crippen molar-refractivity contribution in [3.63, 3.8) is 0 Å². The number of aromatic nitrogens is 2. The summed E-state index contributed by atoms with van der Waals surface area (Å²) in [6.07, 6.45) is -1.24. The Morgan fingerprint density at radius 2 is 1.77 bits per heavy atom. The molecule has 0 saturated carbocycles. The van der Waals surface area contributed by atoms with E-state index in [2.05, 4.69) is 20.6 Å². The molecule has 0 aliphatic carbocycles. The highest BCUT2D eigenvalue weighted by atomic mass is 35.5. The number of piperazine rings is 1. The highest BCUT2D eigenvalue weighted by Crippen LogP contribution is 2.36. The summed E-state index contributed by atoms with van der Waals surface area (Å²) in [4.78, 5) is 36.3. The Balaban J connectivity index is 1.41. The fourth-order valence-corrected chi connectivity index (χ4v) is 3.27. The number of nitrogens with one attached hydrogen (secondary N) is 2. The molecule has 12 heteroatoms. The molecule has 0 radical (unpaired) electrons. The van der Waals surface area contributed by atoms with Gasteiger partial charge in [-0.2, -0.15) is 13.2 Å². The average molecular weight is 457 g/mol. The number of amides is 3. The van der Waals surface area contributed by atoms with Crippen LogP contribution in [-0.4, -0.2) is 59.5 Å². The standard InChI is InChI=1S/C19H20ClF3N6O2/c20-15-3-2-13(12-14(15)19(21,22)23)27-18(31)26-7-4-16(30)28-8-10-29(11-9-28)17-24-5-1-6-25-17/h1-3,5-6,12H,4,7-11H2,(H2,26,27,31). The fraction of sp³-hybridized carbons (Fsp3) is 0.368. The van der Waals surface area contributed by atoms with E-state index in [1.54, 1.807) is 23.4 Å². The second-order valence-electron chi connectivity index (χ2n) is 6.74. The number of carbonyl (C=O) groups is 2. The maximum Gasteiger partial charge on any atom is 0.417 e. The SMILES string of the molecule is O=C(NCCC(=O)N1CCN(c2ncccn2)CC1)Nc1ccc(Cl)c(C(F)(F)F)c1. The molecule has 1 fully saturated rings. The zero-order valence-electron chi connectivity index (χ0n) is 16.3. The van der Waals surface area contributed by atoms with Gasteiger partial charge in [0, 0.05) is 57.2 Å². The molecule has 2 N–H and O–H groups in total. The third-order valence-corrected chi connectivity index (χ3v) is 4.95. The normalized spacial score (nSPS) is 14.3. The van der Waals surface area contributed by atoms with Crippen molar-refractivity contribution in [2.24, 2.45) is 0 Å². The first-order valence-electron chi connectivity index (χ1n) is 9.45. The van der Waals surface area contributed by atoms with Crippen molar-refractivity contribution in [3.8, 4) is 0 Å². The number of hydrogen-bond acceptors (Lipinski definition) is 5. The minimum absolute atomic E-state index is 0.0480. The van der Waals surface area contributed by atoms with Gasteiger partial charge in [0.2, 0.25) is 11.9 Å². The van der Waals surface area contributed by atoms with Crippen LogP contribution in [0.5, 0.6) is 0 Å². The molecule has 3 rings (SSSR count). The van der Waals surface area contributed by atoms with Crippen LogP contribution in [0.1, 0.15) is 12.0 Å². The number of nitrogens with zero attached hydrogens (tertiary/aromatic N) is 4. The molecule has 166 valence electrons. The van der Waals surface area contributed by atoms with Gasteiger partial charge in [0.15, 0.2) is 0 Å². The van der Waals surface area contributed by atoms with E-state index < -0.39 is 22.8 Å². The molecule has 1 saturated heterocycles. The predicted octanol–water partition coefficient (Wildman–Crippen LogP) is 3.01. The van der Waals surface area contributed by atoms with E-state index in [0.29, 0.717) is 32.1 Å². The summed E-state index contributed by atoms with van der Waals surface area (Å²) in [5, 5.41) is 4.32. The van der Waals surface area contributed by atoms with E-state index in [1.165, 1.54) is 6.07 Å². The van der Waals surface area contributed by atoms with E-state index in [9.17, 15) is 22.8 Å². The monoisotopic (exact) mass is 456 g/mol. The van der Waals surface area contributed by atoms with Gasteiger partial charge in [0.25, 0.3) is 0 Å². The Labute approximate surface area is 181 Å². The first-order chi connectivity index (χ1) is 14.7. The summed E-state index contributed by atoms with van der Waals surface area (Å²) in [6.45, 7) is 2.26. The lowest BCUT2D eigenvalue weighted by Gasteiger charge is -2.34. The van der Waals surface area contributed by atoms with Gasteiger partial charge in [-0.25, -0.2) is 14.8 Å². The third kappa shape index (κ3) is 6.20. The van der Waals surface area contributed by atoms with Crippen LogP contribution in [0.25, 0.3) is 0 Å². The van der Waals surface area contributed by atoms with Crippen molar-refractivity contribution >= 4 is 35.2 Å². The van der Waals surface area contributed by atoms with Crippen LogP contribution in [-0.2, 0) is 11.0 Å². The van der Waals surface area contributed by atoms with Gasteiger partial charge in [-0.3, -0.25) is 4.79 Å². The lowest BCUT2D eigenvalue weighted by atomic mass is 10.2. The van der Waals surface area contributed by atoms with Gasteiger partial charge in [-0.05, 0) is 24.3 Å². The Hall–Kier alpha value is -3.08. The highest BCUT2D eigenvalue weighted by Gasteiger charge is 2.33. The number of halogens is 4. The Kier molecular flexibility index (Phi) is 7.16. The van der Waals surface area contributed by atoms with Gasteiger partial charge in [0.1, 0.15) is 0 Å². The van der Waals surface area contributed by atoms with E-state index in [-0.39, 0.29) is 24.6 Å². The van der Waals surface area contributed by atoms with Crippen molar-refractivity contribution < 1.29 is 22.8 Å². The van der Waals surface area contributed by atoms with Crippen LogP contribution in [0.4, 0.5) is 29.6 Å². The number of benzene rings is 1. The zero-order valence-corrected chi connectivity index (χ0v) is 17.1. The zero-order chi connectivity index (χ0) is 22.4. The Morgan fingerprint density at radius 3 is 2.42 bits per heavy atom. The quantitative estimate of drug-likeness (QED) is 0.722. The Bertz CT molecular complexity index is 921. The minimum atomic E-state index is -4.63. The summed E-state index contributed by atoms with van der Waals surface area (Å²) in [5.41, 5.74) is -1.10. The molecule has 8 nitrogen and oxygen atoms in total. The fourth-order valence-electron chi connectivity index (χ4n) is 3.05. The first kappa shape index (κ1) is 22.6. The molecule has 3 amide bonds. The van der Waals surface area contributed by atoms with E-state index >= 15 is 0 Å². The van der Waals surface area contributed by atoms with Crippen molar-refractivity contribution in [2.75, 3.05) is 42.9 Å². The molecular formula is C19H20ClF3N6O2. The Morgan fingerprint density at radius 1 is 1.10 bits per heavy atom. The number of rotatable bonds is 5. The van der Waals surface area contributed by atoms with Crippen molar-refractivity contribution in [2.45, 2.75) is 12.6 Å². The maximum absolute atomic E-state index is 12.9. The van der Waals surface area contributed by atoms with E-state index in [4.69, 9.17) is 11.6 Å². The molecule has 0 unspecified atom stereocenters. The molecule has 31 heavy (non-hydrogen) atoms. The van der Waals surface area contributed by atoms with Gasteiger partial charge in [-0.1, -0.05) is 11.6 Å². The molecule has 2 heterocycles. The van der Waals surface area contributed by atoms with Gasteiger partial charge < -0.3 is 20.4 Å². The number of carbonyl (C=O) groups excluding carboxylic acids is 2. The van der Waals surface area contributed by atoms with Gasteiger partial charge in [0.05, 0.1) is 10.6 Å². The van der Waals surface area contributed by atoms with Crippen LogP contribution < -0.4 is 15.5 Å². The van der Waals surface area contributed by atoms with Crippen molar-refractivity contribution in [3.05, 3.63) is 47.2 Å².